The summed E-state index contributed by atoms with van der Waals surface area (Å²) >= 11 is 1.87. The van der Waals surface area contributed by atoms with E-state index in [4.69, 9.17) is 0 Å². The number of rotatable bonds is 6. The molecule has 1 aliphatic rings. The van der Waals surface area contributed by atoms with E-state index in [9.17, 15) is 9.59 Å². The van der Waals surface area contributed by atoms with Crippen molar-refractivity contribution in [3.8, 4) is 0 Å². The maximum absolute atomic E-state index is 11.9. The Hall–Kier alpha value is -0.710. The molecule has 0 aliphatic carbocycles. The zero-order chi connectivity index (χ0) is 12.0. The molecule has 1 heterocycles. The standard InChI is InChI=1S/C11H20N2O2S/c1-3-9-11(15)13(8-10(14)12-9)6-5-7-16-4-2/h9H,3-8H2,1-2H3,(H,12,14). The van der Waals surface area contributed by atoms with Crippen LogP contribution in [0.1, 0.15) is 26.7 Å². The number of piperazine rings is 1. The lowest BCUT2D eigenvalue weighted by molar-refractivity contribution is -0.144. The summed E-state index contributed by atoms with van der Waals surface area (Å²) in [5.74, 6) is 2.20. The molecule has 0 bridgehead atoms. The maximum Gasteiger partial charge on any atom is 0.245 e. The Morgan fingerprint density at radius 3 is 2.81 bits per heavy atom. The highest BCUT2D eigenvalue weighted by Gasteiger charge is 2.30. The van der Waals surface area contributed by atoms with E-state index in [0.717, 1.165) is 17.9 Å². The SMILES string of the molecule is CCSCCCN1CC(=O)NC(CC)C1=O. The topological polar surface area (TPSA) is 49.4 Å². The van der Waals surface area contributed by atoms with Gasteiger partial charge in [-0.15, -0.1) is 0 Å². The van der Waals surface area contributed by atoms with E-state index in [1.54, 1.807) is 4.90 Å². The second-order valence-corrected chi connectivity index (χ2v) is 5.23. The van der Waals surface area contributed by atoms with Gasteiger partial charge in [-0.25, -0.2) is 0 Å². The fraction of sp³-hybridized carbons (Fsp3) is 0.818. The molecule has 0 aromatic heterocycles. The Labute approximate surface area is 101 Å². The van der Waals surface area contributed by atoms with Gasteiger partial charge in [-0.3, -0.25) is 9.59 Å². The fourth-order valence-corrected chi connectivity index (χ4v) is 2.36. The summed E-state index contributed by atoms with van der Waals surface area (Å²) in [6, 6.07) is -0.305. The number of hydrogen-bond acceptors (Lipinski definition) is 3. The number of nitrogens with one attached hydrogen (secondary N) is 1. The van der Waals surface area contributed by atoms with Crippen molar-refractivity contribution < 1.29 is 9.59 Å². The van der Waals surface area contributed by atoms with Gasteiger partial charge in [0.2, 0.25) is 11.8 Å². The molecule has 1 unspecified atom stereocenters. The van der Waals surface area contributed by atoms with E-state index >= 15 is 0 Å². The van der Waals surface area contributed by atoms with E-state index in [-0.39, 0.29) is 24.4 Å². The molecule has 1 aliphatic heterocycles. The van der Waals surface area contributed by atoms with Crippen molar-refractivity contribution in [1.82, 2.24) is 10.2 Å². The lowest BCUT2D eigenvalue weighted by Crippen LogP contribution is -2.57. The first-order chi connectivity index (χ1) is 7.69. The molecule has 1 atom stereocenters. The van der Waals surface area contributed by atoms with Gasteiger partial charge < -0.3 is 10.2 Å². The molecule has 0 saturated carbocycles. The monoisotopic (exact) mass is 244 g/mol. The summed E-state index contributed by atoms with van der Waals surface area (Å²) in [7, 11) is 0. The Morgan fingerprint density at radius 2 is 2.19 bits per heavy atom. The molecule has 4 nitrogen and oxygen atoms in total. The molecule has 0 spiro atoms. The van der Waals surface area contributed by atoms with Crippen LogP contribution in [0.4, 0.5) is 0 Å². The van der Waals surface area contributed by atoms with Crippen LogP contribution in [-0.2, 0) is 9.59 Å². The van der Waals surface area contributed by atoms with Crippen LogP contribution in [0.15, 0.2) is 0 Å². The second-order valence-electron chi connectivity index (χ2n) is 3.84. The Bertz CT molecular complexity index is 258. The van der Waals surface area contributed by atoms with Gasteiger partial charge in [0.15, 0.2) is 0 Å². The van der Waals surface area contributed by atoms with Gasteiger partial charge >= 0.3 is 0 Å². The summed E-state index contributed by atoms with van der Waals surface area (Å²) in [5.41, 5.74) is 0. The van der Waals surface area contributed by atoms with Crippen molar-refractivity contribution in [2.75, 3.05) is 24.6 Å². The molecule has 1 rings (SSSR count). The summed E-state index contributed by atoms with van der Waals surface area (Å²) in [6.45, 7) is 4.97. The van der Waals surface area contributed by atoms with Gasteiger partial charge in [0.05, 0.1) is 6.54 Å². The minimum Gasteiger partial charge on any atom is -0.343 e. The van der Waals surface area contributed by atoms with E-state index in [1.807, 2.05) is 18.7 Å². The van der Waals surface area contributed by atoms with Gasteiger partial charge in [-0.1, -0.05) is 13.8 Å². The maximum atomic E-state index is 11.9. The van der Waals surface area contributed by atoms with Crippen molar-refractivity contribution in [3.05, 3.63) is 0 Å². The normalized spacial score (nSPS) is 21.1. The fourth-order valence-electron chi connectivity index (χ4n) is 1.74. The first kappa shape index (κ1) is 13.4. The number of carbonyl (C=O) groups is 2. The highest BCUT2D eigenvalue weighted by Crippen LogP contribution is 2.08. The predicted molar refractivity (Wildman–Crippen MR) is 66.4 cm³/mol. The van der Waals surface area contributed by atoms with Crippen molar-refractivity contribution in [3.63, 3.8) is 0 Å². The molecular weight excluding hydrogens is 224 g/mol. The summed E-state index contributed by atoms with van der Waals surface area (Å²) in [5, 5.41) is 2.71. The smallest absolute Gasteiger partial charge is 0.245 e. The molecule has 92 valence electrons. The van der Waals surface area contributed by atoms with E-state index in [0.29, 0.717) is 13.0 Å². The van der Waals surface area contributed by atoms with Crippen molar-refractivity contribution >= 4 is 23.6 Å². The lowest BCUT2D eigenvalue weighted by Gasteiger charge is -2.32. The van der Waals surface area contributed by atoms with Crippen LogP contribution in [0, 0.1) is 0 Å². The molecular formula is C11H20N2O2S. The minimum atomic E-state index is -0.305. The summed E-state index contributed by atoms with van der Waals surface area (Å²) < 4.78 is 0. The molecule has 2 amide bonds. The average molecular weight is 244 g/mol. The first-order valence-corrected chi connectivity index (χ1v) is 7.00. The van der Waals surface area contributed by atoms with Crippen molar-refractivity contribution in [1.29, 1.82) is 0 Å². The quantitative estimate of drug-likeness (QED) is 0.705. The third-order valence-corrected chi connectivity index (χ3v) is 3.59. The van der Waals surface area contributed by atoms with Gasteiger partial charge in [0.25, 0.3) is 0 Å². The lowest BCUT2D eigenvalue weighted by atomic mass is 10.1. The van der Waals surface area contributed by atoms with Crippen LogP contribution in [0.5, 0.6) is 0 Å². The molecule has 0 aromatic carbocycles. The van der Waals surface area contributed by atoms with Crippen LogP contribution in [0.2, 0.25) is 0 Å². The van der Waals surface area contributed by atoms with Gasteiger partial charge in [0.1, 0.15) is 6.04 Å². The highest BCUT2D eigenvalue weighted by atomic mass is 32.2. The van der Waals surface area contributed by atoms with E-state index in [2.05, 4.69) is 12.2 Å². The van der Waals surface area contributed by atoms with E-state index in [1.165, 1.54) is 0 Å². The van der Waals surface area contributed by atoms with Crippen LogP contribution in [-0.4, -0.2) is 47.4 Å². The molecule has 5 heteroatoms. The zero-order valence-corrected chi connectivity index (χ0v) is 10.8. The molecule has 1 fully saturated rings. The Kier molecular flexibility index (Phi) is 5.66. The highest BCUT2D eigenvalue weighted by molar-refractivity contribution is 7.99. The average Bonchev–Trinajstić information content (AvgIpc) is 2.28. The van der Waals surface area contributed by atoms with Crippen molar-refractivity contribution in [2.45, 2.75) is 32.7 Å². The van der Waals surface area contributed by atoms with Gasteiger partial charge in [0, 0.05) is 6.54 Å². The first-order valence-electron chi connectivity index (χ1n) is 5.85. The van der Waals surface area contributed by atoms with Crippen LogP contribution in [0.25, 0.3) is 0 Å². The number of hydrogen-bond donors (Lipinski definition) is 1. The Morgan fingerprint density at radius 1 is 1.44 bits per heavy atom. The predicted octanol–water partition coefficient (Wildman–Crippen LogP) is 0.867. The largest absolute Gasteiger partial charge is 0.343 e. The minimum absolute atomic E-state index is 0.0328. The number of amides is 2. The summed E-state index contributed by atoms with van der Waals surface area (Å²) in [6.07, 6.45) is 1.64. The number of nitrogens with zero attached hydrogens (tertiary/aromatic N) is 1. The molecule has 1 saturated heterocycles. The molecule has 0 aromatic rings. The number of carbonyl (C=O) groups excluding carboxylic acids is 2. The van der Waals surface area contributed by atoms with Gasteiger partial charge in [-0.2, -0.15) is 11.8 Å². The summed E-state index contributed by atoms with van der Waals surface area (Å²) in [4.78, 5) is 24.9. The Balaban J connectivity index is 2.38. The molecule has 16 heavy (non-hydrogen) atoms. The van der Waals surface area contributed by atoms with Crippen LogP contribution >= 0.6 is 11.8 Å². The van der Waals surface area contributed by atoms with Crippen LogP contribution < -0.4 is 5.32 Å². The third kappa shape index (κ3) is 3.70. The second kappa shape index (κ2) is 6.78. The van der Waals surface area contributed by atoms with Crippen molar-refractivity contribution in [2.24, 2.45) is 0 Å². The molecule has 1 N–H and O–H groups in total. The third-order valence-electron chi connectivity index (χ3n) is 2.61. The van der Waals surface area contributed by atoms with Gasteiger partial charge in [-0.05, 0) is 24.3 Å². The zero-order valence-electron chi connectivity index (χ0n) is 9.99. The molecule has 0 radical (unpaired) electrons. The van der Waals surface area contributed by atoms with Crippen LogP contribution in [0.3, 0.4) is 0 Å². The number of thioether (sulfide) groups is 1. The van der Waals surface area contributed by atoms with E-state index < -0.39 is 0 Å².